The highest BCUT2D eigenvalue weighted by atomic mass is 32.1. The smallest absolute Gasteiger partial charge is 0.234 e. The highest BCUT2D eigenvalue weighted by Crippen LogP contribution is 2.19. The second-order valence-electron chi connectivity index (χ2n) is 4.29. The molecule has 0 bridgehead atoms. The van der Waals surface area contributed by atoms with Crippen molar-refractivity contribution < 1.29 is 4.79 Å². The number of hydrazine groups is 1. The fourth-order valence-corrected chi connectivity index (χ4v) is 2.32. The van der Waals surface area contributed by atoms with Crippen LogP contribution in [0.25, 0.3) is 0 Å². The lowest BCUT2D eigenvalue weighted by Gasteiger charge is -2.14. The fraction of sp³-hybridized carbons (Fsp3) is 0.600. The number of nitrogens with two attached hydrogens (primary N) is 1. The molecule has 4 N–H and O–H groups in total. The van der Waals surface area contributed by atoms with Crippen molar-refractivity contribution in [3.63, 3.8) is 0 Å². The summed E-state index contributed by atoms with van der Waals surface area (Å²) >= 11 is 1.49. The summed E-state index contributed by atoms with van der Waals surface area (Å²) in [7, 11) is 1.92. The van der Waals surface area contributed by atoms with Gasteiger partial charge in [-0.1, -0.05) is 11.3 Å². The Morgan fingerprint density at radius 3 is 3.06 bits per heavy atom. The lowest BCUT2D eigenvalue weighted by atomic mass is 10.4. The summed E-state index contributed by atoms with van der Waals surface area (Å²) < 4.78 is 0. The zero-order valence-electron chi connectivity index (χ0n) is 9.77. The van der Waals surface area contributed by atoms with Gasteiger partial charge in [-0.15, -0.1) is 0 Å². The predicted octanol–water partition coefficient (Wildman–Crippen LogP) is 0.139. The maximum absolute atomic E-state index is 11.6. The van der Waals surface area contributed by atoms with Crippen LogP contribution in [-0.4, -0.2) is 35.4 Å². The molecule has 1 heterocycles. The third-order valence-corrected chi connectivity index (χ3v) is 3.37. The third kappa shape index (κ3) is 3.95. The van der Waals surface area contributed by atoms with Gasteiger partial charge in [-0.05, 0) is 19.9 Å². The lowest BCUT2D eigenvalue weighted by Crippen LogP contribution is -2.35. The quantitative estimate of drug-likeness (QED) is 0.497. The Morgan fingerprint density at radius 1 is 1.71 bits per heavy atom. The number of likely N-dealkylation sites (N-methyl/N-ethyl adjacent to an activating group) is 1. The van der Waals surface area contributed by atoms with Crippen LogP contribution in [0.3, 0.4) is 0 Å². The third-order valence-electron chi connectivity index (χ3n) is 2.46. The predicted molar refractivity (Wildman–Crippen MR) is 67.4 cm³/mol. The average Bonchev–Trinajstić information content (AvgIpc) is 2.95. The van der Waals surface area contributed by atoms with Gasteiger partial charge in [0.15, 0.2) is 5.13 Å². The molecule has 0 unspecified atom stereocenters. The van der Waals surface area contributed by atoms with Gasteiger partial charge < -0.3 is 5.32 Å². The van der Waals surface area contributed by atoms with Crippen LogP contribution in [0.15, 0.2) is 6.20 Å². The molecule has 1 aromatic rings. The van der Waals surface area contributed by atoms with E-state index in [1.807, 2.05) is 11.9 Å². The van der Waals surface area contributed by atoms with Crippen LogP contribution in [0, 0.1) is 0 Å². The minimum absolute atomic E-state index is 0.0942. The van der Waals surface area contributed by atoms with Gasteiger partial charge in [0.2, 0.25) is 5.91 Å². The van der Waals surface area contributed by atoms with Gasteiger partial charge >= 0.3 is 0 Å². The van der Waals surface area contributed by atoms with Gasteiger partial charge in [0.05, 0.1) is 6.54 Å². The zero-order valence-corrected chi connectivity index (χ0v) is 10.6. The normalized spacial score (nSPS) is 15.0. The Labute approximate surface area is 104 Å². The van der Waals surface area contributed by atoms with E-state index in [1.165, 1.54) is 11.3 Å². The Balaban J connectivity index is 1.75. The molecular formula is C10H17N5OS. The number of anilines is 1. The number of carbonyl (C=O) groups excluding carboxylic acids is 1. The van der Waals surface area contributed by atoms with Crippen LogP contribution < -0.4 is 16.6 Å². The molecule has 0 aliphatic heterocycles. The van der Waals surface area contributed by atoms with Crippen molar-refractivity contribution in [2.45, 2.75) is 25.4 Å². The Bertz CT molecular complexity index is 390. The van der Waals surface area contributed by atoms with Crippen LogP contribution in [0.4, 0.5) is 5.13 Å². The summed E-state index contributed by atoms with van der Waals surface area (Å²) in [6, 6.07) is 0.423. The second kappa shape index (κ2) is 5.44. The summed E-state index contributed by atoms with van der Waals surface area (Å²) in [5.41, 5.74) is 2.51. The van der Waals surface area contributed by atoms with Gasteiger partial charge in [0, 0.05) is 23.7 Å². The first-order valence-corrected chi connectivity index (χ1v) is 6.38. The van der Waals surface area contributed by atoms with Crippen molar-refractivity contribution in [1.82, 2.24) is 15.2 Å². The largest absolute Gasteiger partial charge is 0.352 e. The van der Waals surface area contributed by atoms with E-state index in [9.17, 15) is 4.79 Å². The van der Waals surface area contributed by atoms with Crippen LogP contribution in [-0.2, 0) is 11.3 Å². The van der Waals surface area contributed by atoms with Gasteiger partial charge in [-0.2, -0.15) is 0 Å². The number of rotatable bonds is 6. The van der Waals surface area contributed by atoms with Crippen LogP contribution in [0.1, 0.15) is 17.7 Å². The number of hydrogen-bond acceptors (Lipinski definition) is 6. The van der Waals surface area contributed by atoms with Gasteiger partial charge in [-0.3, -0.25) is 15.1 Å². The van der Waals surface area contributed by atoms with Crippen molar-refractivity contribution in [2.75, 3.05) is 19.0 Å². The topological polar surface area (TPSA) is 83.3 Å². The van der Waals surface area contributed by atoms with Crippen LogP contribution in [0.5, 0.6) is 0 Å². The first-order valence-electron chi connectivity index (χ1n) is 5.56. The SMILES string of the molecule is CN(CC(=O)NC1CC1)Cc1cnc(NN)s1. The molecule has 94 valence electrons. The zero-order chi connectivity index (χ0) is 12.3. The van der Waals surface area contributed by atoms with Gasteiger partial charge in [0.25, 0.3) is 0 Å². The van der Waals surface area contributed by atoms with E-state index in [4.69, 9.17) is 5.84 Å². The average molecular weight is 255 g/mol. The molecule has 1 fully saturated rings. The highest BCUT2D eigenvalue weighted by molar-refractivity contribution is 7.15. The Morgan fingerprint density at radius 2 is 2.47 bits per heavy atom. The number of nitrogens with zero attached hydrogens (tertiary/aromatic N) is 2. The van der Waals surface area contributed by atoms with Crippen molar-refractivity contribution in [2.24, 2.45) is 5.84 Å². The molecule has 6 nitrogen and oxygen atoms in total. The number of nitrogen functional groups attached to an aromatic ring is 1. The molecule has 0 spiro atoms. The first-order chi connectivity index (χ1) is 8.17. The molecule has 1 amide bonds. The van der Waals surface area contributed by atoms with Crippen molar-refractivity contribution in [3.05, 3.63) is 11.1 Å². The Kier molecular flexibility index (Phi) is 3.93. The number of amides is 1. The van der Waals surface area contributed by atoms with Crippen molar-refractivity contribution in [1.29, 1.82) is 0 Å². The molecule has 17 heavy (non-hydrogen) atoms. The standard InChI is InChI=1S/C10H17N5OS/c1-15(6-9(16)13-7-2-3-7)5-8-4-12-10(14-11)17-8/h4,7H,2-3,5-6,11H2,1H3,(H,12,14)(H,13,16). The molecule has 1 aliphatic carbocycles. The fourth-order valence-electron chi connectivity index (χ4n) is 1.52. The van der Waals surface area contributed by atoms with E-state index in [1.54, 1.807) is 6.20 Å². The van der Waals surface area contributed by atoms with E-state index >= 15 is 0 Å². The second-order valence-corrected chi connectivity index (χ2v) is 5.41. The first kappa shape index (κ1) is 12.3. The summed E-state index contributed by atoms with van der Waals surface area (Å²) in [6.45, 7) is 1.12. The van der Waals surface area contributed by atoms with E-state index in [0.717, 1.165) is 17.7 Å². The molecule has 2 rings (SSSR count). The summed E-state index contributed by atoms with van der Waals surface area (Å²) in [5.74, 6) is 5.35. The molecule has 7 heteroatoms. The number of nitrogens with one attached hydrogen (secondary N) is 2. The molecule has 0 radical (unpaired) electrons. The molecule has 0 atom stereocenters. The monoisotopic (exact) mass is 255 g/mol. The number of thiazole rings is 1. The van der Waals surface area contributed by atoms with Crippen molar-refractivity contribution >= 4 is 22.4 Å². The van der Waals surface area contributed by atoms with Gasteiger partial charge in [0.1, 0.15) is 0 Å². The minimum Gasteiger partial charge on any atom is -0.352 e. The number of hydrogen-bond donors (Lipinski definition) is 3. The lowest BCUT2D eigenvalue weighted by molar-refractivity contribution is -0.122. The highest BCUT2D eigenvalue weighted by Gasteiger charge is 2.23. The molecule has 1 saturated carbocycles. The summed E-state index contributed by atoms with van der Waals surface area (Å²) in [6.07, 6.45) is 4.01. The molecule has 0 saturated heterocycles. The molecule has 1 aliphatic rings. The summed E-state index contributed by atoms with van der Waals surface area (Å²) in [4.78, 5) is 18.7. The Hall–Kier alpha value is -1.18. The van der Waals surface area contributed by atoms with Gasteiger partial charge in [-0.25, -0.2) is 10.8 Å². The van der Waals surface area contributed by atoms with E-state index in [-0.39, 0.29) is 5.91 Å². The van der Waals surface area contributed by atoms with Crippen molar-refractivity contribution in [3.8, 4) is 0 Å². The number of carbonyl (C=O) groups is 1. The molecule has 1 aromatic heterocycles. The van der Waals surface area contributed by atoms with Crippen LogP contribution >= 0.6 is 11.3 Å². The minimum atomic E-state index is 0.0942. The van der Waals surface area contributed by atoms with E-state index < -0.39 is 0 Å². The maximum Gasteiger partial charge on any atom is 0.234 e. The van der Waals surface area contributed by atoms with Crippen LogP contribution in [0.2, 0.25) is 0 Å². The maximum atomic E-state index is 11.6. The van der Waals surface area contributed by atoms with E-state index in [0.29, 0.717) is 24.3 Å². The molecule has 0 aromatic carbocycles. The molecular weight excluding hydrogens is 238 g/mol. The number of aromatic nitrogens is 1. The van der Waals surface area contributed by atoms with E-state index in [2.05, 4.69) is 15.7 Å². The summed E-state index contributed by atoms with van der Waals surface area (Å²) in [5, 5.41) is 3.65.